The van der Waals surface area contributed by atoms with Crippen LogP contribution in [-0.4, -0.2) is 16.1 Å². The minimum atomic E-state index is -0.124. The average Bonchev–Trinajstić information content (AvgIpc) is 2.84. The molecule has 0 fully saturated rings. The molecule has 1 aromatic carbocycles. The van der Waals surface area contributed by atoms with Gasteiger partial charge >= 0.3 is 0 Å². The van der Waals surface area contributed by atoms with Crippen molar-refractivity contribution in [2.75, 3.05) is 5.32 Å². The predicted molar refractivity (Wildman–Crippen MR) is 69.6 cm³/mol. The lowest BCUT2D eigenvalue weighted by Crippen LogP contribution is -2.15. The first-order valence-corrected chi connectivity index (χ1v) is 6.27. The summed E-state index contributed by atoms with van der Waals surface area (Å²) < 4.78 is 0. The second-order valence-corrected chi connectivity index (χ2v) is 4.56. The minimum absolute atomic E-state index is 0.124. The number of amides is 1. The van der Waals surface area contributed by atoms with Gasteiger partial charge < -0.3 is 5.32 Å². The minimum Gasteiger partial charge on any atom is -0.321 e. The molecule has 0 saturated carbocycles. The molecule has 3 rings (SSSR count). The molecule has 0 saturated heterocycles. The summed E-state index contributed by atoms with van der Waals surface area (Å²) in [6.45, 7) is 0. The second kappa shape index (κ2) is 4.64. The van der Waals surface area contributed by atoms with Crippen LogP contribution >= 0.6 is 0 Å². The van der Waals surface area contributed by atoms with Crippen molar-refractivity contribution in [3.05, 3.63) is 47.3 Å². The Bertz CT molecular complexity index is 560. The molecule has 4 heteroatoms. The standard InChI is InChI=1S/C14H15N3O/c18-14(15-10-6-2-1-3-7-10)13-11-8-4-5-9-12(11)16-17-13/h1-3,6-7H,4-5,8-9H2,(H,15,18)(H,16,17). The molecule has 1 aliphatic carbocycles. The van der Waals surface area contributed by atoms with Crippen molar-refractivity contribution >= 4 is 11.6 Å². The number of hydrogen-bond acceptors (Lipinski definition) is 2. The Labute approximate surface area is 105 Å². The molecule has 18 heavy (non-hydrogen) atoms. The van der Waals surface area contributed by atoms with Gasteiger partial charge in [-0.15, -0.1) is 0 Å². The van der Waals surface area contributed by atoms with Gasteiger partial charge in [-0.1, -0.05) is 18.2 Å². The number of carbonyl (C=O) groups excluding carboxylic acids is 1. The zero-order chi connectivity index (χ0) is 12.4. The first kappa shape index (κ1) is 11.0. The Morgan fingerprint density at radius 3 is 2.78 bits per heavy atom. The monoisotopic (exact) mass is 241 g/mol. The van der Waals surface area contributed by atoms with E-state index in [1.807, 2.05) is 30.3 Å². The van der Waals surface area contributed by atoms with Gasteiger partial charge in [-0.3, -0.25) is 9.89 Å². The second-order valence-electron chi connectivity index (χ2n) is 4.56. The van der Waals surface area contributed by atoms with E-state index in [2.05, 4.69) is 15.5 Å². The highest BCUT2D eigenvalue weighted by molar-refractivity contribution is 6.04. The molecule has 4 nitrogen and oxygen atoms in total. The fraction of sp³-hybridized carbons (Fsp3) is 0.286. The number of aryl methyl sites for hydroxylation is 1. The van der Waals surface area contributed by atoms with Crippen molar-refractivity contribution in [1.29, 1.82) is 0 Å². The summed E-state index contributed by atoms with van der Waals surface area (Å²) in [7, 11) is 0. The molecule has 2 aromatic rings. The lowest BCUT2D eigenvalue weighted by Gasteiger charge is -2.11. The van der Waals surface area contributed by atoms with Crippen LogP contribution in [0.4, 0.5) is 5.69 Å². The van der Waals surface area contributed by atoms with Crippen molar-refractivity contribution < 1.29 is 4.79 Å². The van der Waals surface area contributed by atoms with Gasteiger partial charge in [0.2, 0.25) is 0 Å². The van der Waals surface area contributed by atoms with E-state index in [4.69, 9.17) is 0 Å². The summed E-state index contributed by atoms with van der Waals surface area (Å²) in [5.74, 6) is -0.124. The van der Waals surface area contributed by atoms with Crippen LogP contribution in [0.3, 0.4) is 0 Å². The van der Waals surface area contributed by atoms with E-state index in [-0.39, 0.29) is 5.91 Å². The molecule has 2 N–H and O–H groups in total. The number of aromatic amines is 1. The molecule has 1 aromatic heterocycles. The van der Waals surface area contributed by atoms with Crippen LogP contribution in [0.2, 0.25) is 0 Å². The molecule has 0 radical (unpaired) electrons. The van der Waals surface area contributed by atoms with Crippen molar-refractivity contribution in [1.82, 2.24) is 10.2 Å². The largest absolute Gasteiger partial charge is 0.321 e. The SMILES string of the molecule is O=C(Nc1ccccc1)c1n[nH]c2c1CCCC2. The normalized spacial score (nSPS) is 14.0. The molecule has 92 valence electrons. The number of fused-ring (bicyclic) bond motifs is 1. The van der Waals surface area contributed by atoms with E-state index in [1.165, 1.54) is 6.42 Å². The molecular formula is C14H15N3O. The smallest absolute Gasteiger partial charge is 0.276 e. The van der Waals surface area contributed by atoms with Crippen LogP contribution in [0, 0.1) is 0 Å². The number of nitrogens with zero attached hydrogens (tertiary/aromatic N) is 1. The maximum absolute atomic E-state index is 12.2. The summed E-state index contributed by atoms with van der Waals surface area (Å²) in [6, 6.07) is 9.46. The van der Waals surface area contributed by atoms with Gasteiger partial charge in [-0.05, 0) is 37.8 Å². The van der Waals surface area contributed by atoms with Crippen molar-refractivity contribution in [2.24, 2.45) is 0 Å². The van der Waals surface area contributed by atoms with Crippen molar-refractivity contribution in [2.45, 2.75) is 25.7 Å². The van der Waals surface area contributed by atoms with E-state index >= 15 is 0 Å². The third-order valence-electron chi connectivity index (χ3n) is 3.30. The van der Waals surface area contributed by atoms with E-state index < -0.39 is 0 Å². The number of carbonyl (C=O) groups is 1. The molecule has 1 heterocycles. The first-order chi connectivity index (χ1) is 8.84. The number of H-pyrrole nitrogens is 1. The van der Waals surface area contributed by atoms with Gasteiger partial charge in [-0.2, -0.15) is 5.10 Å². The Hall–Kier alpha value is -2.10. The topological polar surface area (TPSA) is 57.8 Å². The van der Waals surface area contributed by atoms with E-state index in [0.717, 1.165) is 36.2 Å². The Kier molecular flexibility index (Phi) is 2.84. The van der Waals surface area contributed by atoms with Gasteiger partial charge in [0.05, 0.1) is 0 Å². The molecule has 0 bridgehead atoms. The van der Waals surface area contributed by atoms with Gasteiger partial charge in [0.1, 0.15) is 0 Å². The molecule has 0 unspecified atom stereocenters. The van der Waals surface area contributed by atoms with Crippen LogP contribution in [-0.2, 0) is 12.8 Å². The predicted octanol–water partition coefficient (Wildman–Crippen LogP) is 2.54. The summed E-state index contributed by atoms with van der Waals surface area (Å²) in [6.07, 6.45) is 4.26. The third kappa shape index (κ3) is 2.01. The zero-order valence-corrected chi connectivity index (χ0v) is 10.1. The van der Waals surface area contributed by atoms with Gasteiger partial charge in [-0.25, -0.2) is 0 Å². The number of benzene rings is 1. The van der Waals surface area contributed by atoms with Gasteiger partial charge in [0, 0.05) is 16.9 Å². The van der Waals surface area contributed by atoms with Gasteiger partial charge in [0.15, 0.2) is 5.69 Å². The number of hydrogen-bond donors (Lipinski definition) is 2. The summed E-state index contributed by atoms with van der Waals surface area (Å²) >= 11 is 0. The molecule has 1 aliphatic rings. The highest BCUT2D eigenvalue weighted by Crippen LogP contribution is 2.22. The first-order valence-electron chi connectivity index (χ1n) is 6.27. The molecule has 1 amide bonds. The molecule has 0 atom stereocenters. The average molecular weight is 241 g/mol. The van der Waals surface area contributed by atoms with Crippen molar-refractivity contribution in [3.8, 4) is 0 Å². The molecule has 0 spiro atoms. The maximum Gasteiger partial charge on any atom is 0.276 e. The highest BCUT2D eigenvalue weighted by Gasteiger charge is 2.21. The lowest BCUT2D eigenvalue weighted by molar-refractivity contribution is 0.102. The summed E-state index contributed by atoms with van der Waals surface area (Å²) in [5, 5.41) is 10.0. The Morgan fingerprint density at radius 2 is 1.94 bits per heavy atom. The van der Waals surface area contributed by atoms with E-state index in [0.29, 0.717) is 5.69 Å². The maximum atomic E-state index is 12.2. The number of nitrogens with one attached hydrogen (secondary N) is 2. The highest BCUT2D eigenvalue weighted by atomic mass is 16.1. The number of aromatic nitrogens is 2. The van der Waals surface area contributed by atoms with E-state index in [9.17, 15) is 4.79 Å². The van der Waals surface area contributed by atoms with Crippen LogP contribution in [0.5, 0.6) is 0 Å². The third-order valence-corrected chi connectivity index (χ3v) is 3.30. The van der Waals surface area contributed by atoms with Crippen LogP contribution in [0.15, 0.2) is 30.3 Å². The summed E-state index contributed by atoms with van der Waals surface area (Å²) in [5.41, 5.74) is 3.57. The molecular weight excluding hydrogens is 226 g/mol. The molecule has 0 aliphatic heterocycles. The fourth-order valence-corrected chi connectivity index (χ4v) is 2.38. The Balaban J connectivity index is 1.83. The van der Waals surface area contributed by atoms with E-state index in [1.54, 1.807) is 0 Å². The number of para-hydroxylation sites is 1. The lowest BCUT2D eigenvalue weighted by atomic mass is 9.96. The van der Waals surface area contributed by atoms with Crippen LogP contribution in [0.25, 0.3) is 0 Å². The fourth-order valence-electron chi connectivity index (χ4n) is 2.38. The van der Waals surface area contributed by atoms with Crippen molar-refractivity contribution in [3.63, 3.8) is 0 Å². The number of anilines is 1. The van der Waals surface area contributed by atoms with Gasteiger partial charge in [0.25, 0.3) is 5.91 Å². The van der Waals surface area contributed by atoms with Crippen LogP contribution < -0.4 is 5.32 Å². The number of rotatable bonds is 2. The van der Waals surface area contributed by atoms with Crippen LogP contribution in [0.1, 0.15) is 34.6 Å². The quantitative estimate of drug-likeness (QED) is 0.848. The zero-order valence-electron chi connectivity index (χ0n) is 10.1. The summed E-state index contributed by atoms with van der Waals surface area (Å²) in [4.78, 5) is 12.2. The Morgan fingerprint density at radius 1 is 1.17 bits per heavy atom.